The summed E-state index contributed by atoms with van der Waals surface area (Å²) in [4.78, 5) is 23.5. The fraction of sp³-hybridized carbons (Fsp3) is 0.905. The second-order valence-corrected chi connectivity index (χ2v) is 13.2. The van der Waals surface area contributed by atoms with Crippen molar-refractivity contribution in [3.63, 3.8) is 0 Å². The molecule has 0 amide bonds. The molecule has 0 N–H and O–H groups in total. The molecule has 0 spiro atoms. The molecule has 1 saturated heterocycles. The first kappa shape index (κ1) is 23.9. The molecule has 3 unspecified atom stereocenters. The molecular weight excluding hydrogens is 396 g/mol. The van der Waals surface area contributed by atoms with Crippen LogP contribution in [0.3, 0.4) is 0 Å². The number of carbonyl (C=O) groups excluding carboxylic acids is 2. The minimum Gasteiger partial charge on any atom is -0.747 e. The van der Waals surface area contributed by atoms with Gasteiger partial charge in [0.05, 0.1) is 0 Å². The van der Waals surface area contributed by atoms with Gasteiger partial charge in [-0.05, 0) is 54.3 Å². The number of hydrogen-bond acceptors (Lipinski definition) is 5. The zero-order valence-corrected chi connectivity index (χ0v) is 19.4. The third-order valence-electron chi connectivity index (χ3n) is 7.32. The quantitative estimate of drug-likeness (QED) is 0.349. The fourth-order valence-electron chi connectivity index (χ4n) is 5.07. The maximum Gasteiger partial charge on any atom is 0.181 e. The Hall–Kier alpha value is -0.400. The first-order valence-electron chi connectivity index (χ1n) is 10.6. The van der Waals surface area contributed by atoms with Crippen molar-refractivity contribution in [2.24, 2.45) is 16.7 Å². The Kier molecular flexibility index (Phi) is 7.82. The molecule has 3 aliphatic rings. The zero-order chi connectivity index (χ0) is 21.2. The molecular formula is C21H36O5S2. The third-order valence-corrected chi connectivity index (χ3v) is 11.0. The van der Waals surface area contributed by atoms with Crippen LogP contribution in [0.1, 0.15) is 79.1 Å². The average Bonchev–Trinajstić information content (AvgIpc) is 3.20. The van der Waals surface area contributed by atoms with Crippen LogP contribution in [-0.2, 0) is 30.6 Å². The molecule has 2 bridgehead atoms. The number of ketones is 2. The predicted octanol–water partition coefficient (Wildman–Crippen LogP) is 3.47. The fourth-order valence-corrected chi connectivity index (χ4v) is 8.78. The van der Waals surface area contributed by atoms with Gasteiger partial charge in [-0.3, -0.25) is 9.59 Å². The number of rotatable bonds is 7. The highest BCUT2D eigenvalue weighted by Crippen LogP contribution is 2.64. The van der Waals surface area contributed by atoms with E-state index in [0.717, 1.165) is 18.6 Å². The largest absolute Gasteiger partial charge is 0.747 e. The van der Waals surface area contributed by atoms with Crippen LogP contribution in [0.5, 0.6) is 0 Å². The van der Waals surface area contributed by atoms with Gasteiger partial charge in [-0.1, -0.05) is 40.5 Å². The van der Waals surface area contributed by atoms with E-state index in [1.54, 1.807) is 6.92 Å². The van der Waals surface area contributed by atoms with E-state index in [1.807, 2.05) is 13.8 Å². The summed E-state index contributed by atoms with van der Waals surface area (Å²) in [6.07, 6.45) is 8.51. The summed E-state index contributed by atoms with van der Waals surface area (Å²) in [5.41, 5.74) is -0.994. The molecule has 1 heterocycles. The lowest BCUT2D eigenvalue weighted by Gasteiger charge is -2.32. The van der Waals surface area contributed by atoms with E-state index in [4.69, 9.17) is 0 Å². The van der Waals surface area contributed by atoms with E-state index in [2.05, 4.69) is 6.92 Å². The van der Waals surface area contributed by atoms with E-state index in [1.165, 1.54) is 37.2 Å². The topological polar surface area (TPSA) is 91.3 Å². The molecule has 0 aromatic carbocycles. The Balaban J connectivity index is 0.000000203. The van der Waals surface area contributed by atoms with Crippen molar-refractivity contribution in [2.75, 3.05) is 17.3 Å². The summed E-state index contributed by atoms with van der Waals surface area (Å²) >= 11 is 0. The number of Topliss-reactive ketones (excluding diaryl/α,β-unsaturated/α-hetero) is 2. The summed E-state index contributed by atoms with van der Waals surface area (Å²) in [6, 6.07) is 0. The van der Waals surface area contributed by atoms with Crippen LogP contribution in [0.15, 0.2) is 0 Å². The Labute approximate surface area is 173 Å². The highest BCUT2D eigenvalue weighted by Gasteiger charge is 2.67. The minimum atomic E-state index is -4.49. The van der Waals surface area contributed by atoms with Crippen molar-refractivity contribution in [3.8, 4) is 0 Å². The van der Waals surface area contributed by atoms with Crippen molar-refractivity contribution >= 4 is 32.6 Å². The summed E-state index contributed by atoms with van der Waals surface area (Å²) in [7, 11) is -4.00. The third kappa shape index (κ3) is 4.84. The molecule has 2 aliphatic carbocycles. The molecule has 2 saturated carbocycles. The predicted molar refractivity (Wildman–Crippen MR) is 113 cm³/mol. The molecule has 0 radical (unpaired) electrons. The SMILES string of the molecule is CC12CCC(C(S(=O)(=O)[O-])C1=O)C2(C)C.CCCCCC(=O)C[S+]1CCCC1. The molecule has 28 heavy (non-hydrogen) atoms. The van der Waals surface area contributed by atoms with Crippen LogP contribution in [0.2, 0.25) is 0 Å². The highest BCUT2D eigenvalue weighted by atomic mass is 32.2. The molecule has 162 valence electrons. The maximum atomic E-state index is 12.0. The molecule has 0 aromatic rings. The molecule has 0 aromatic heterocycles. The summed E-state index contributed by atoms with van der Waals surface area (Å²) in [5, 5.41) is -1.30. The summed E-state index contributed by atoms with van der Waals surface area (Å²) in [5.74, 6) is 3.44. The van der Waals surface area contributed by atoms with Gasteiger partial charge in [0.2, 0.25) is 0 Å². The molecule has 1 aliphatic heterocycles. The summed E-state index contributed by atoms with van der Waals surface area (Å²) in [6.45, 7) is 7.77. The maximum absolute atomic E-state index is 12.0. The first-order valence-corrected chi connectivity index (χ1v) is 13.8. The standard InChI is InChI=1S/C11H21OS.C10H16O4S/c1-2-3-4-7-11(12)10-13-8-5-6-9-13;1-9(2)6-4-5-10(9,3)8(11)7(6)15(12,13)14/h2-10H2,1H3;6-7H,4-5H2,1-3H3,(H,12,13,14)/q+1;/p-1. The number of unbranched alkanes of at least 4 members (excludes halogenated alkanes) is 2. The second kappa shape index (κ2) is 9.17. The Morgan fingerprint density at radius 3 is 2.21 bits per heavy atom. The van der Waals surface area contributed by atoms with Crippen molar-refractivity contribution in [1.82, 2.24) is 0 Å². The van der Waals surface area contributed by atoms with Crippen molar-refractivity contribution in [2.45, 2.75) is 84.3 Å². The van der Waals surface area contributed by atoms with Crippen molar-refractivity contribution in [3.05, 3.63) is 0 Å². The van der Waals surface area contributed by atoms with Gasteiger partial charge in [-0.2, -0.15) is 0 Å². The van der Waals surface area contributed by atoms with Crippen LogP contribution in [0.25, 0.3) is 0 Å². The van der Waals surface area contributed by atoms with Gasteiger partial charge in [-0.25, -0.2) is 8.42 Å². The Bertz CT molecular complexity index is 679. The van der Waals surface area contributed by atoms with Gasteiger partial charge >= 0.3 is 0 Å². The van der Waals surface area contributed by atoms with Gasteiger partial charge < -0.3 is 4.55 Å². The Morgan fingerprint density at radius 2 is 1.79 bits per heavy atom. The Morgan fingerprint density at radius 1 is 1.18 bits per heavy atom. The van der Waals surface area contributed by atoms with Gasteiger partial charge in [0, 0.05) is 11.8 Å². The smallest absolute Gasteiger partial charge is 0.181 e. The lowest BCUT2D eigenvalue weighted by Crippen LogP contribution is -2.38. The summed E-state index contributed by atoms with van der Waals surface area (Å²) < 4.78 is 33.3. The van der Waals surface area contributed by atoms with Crippen LogP contribution in [0.4, 0.5) is 0 Å². The molecule has 7 heteroatoms. The minimum absolute atomic E-state index is 0.294. The van der Waals surface area contributed by atoms with Gasteiger partial charge in [0.15, 0.2) is 17.3 Å². The molecule has 3 atom stereocenters. The van der Waals surface area contributed by atoms with Crippen molar-refractivity contribution < 1.29 is 22.6 Å². The molecule has 5 nitrogen and oxygen atoms in total. The second-order valence-electron chi connectivity index (χ2n) is 9.34. The van der Waals surface area contributed by atoms with E-state index in [-0.39, 0.29) is 17.1 Å². The van der Waals surface area contributed by atoms with E-state index >= 15 is 0 Å². The van der Waals surface area contributed by atoms with Crippen molar-refractivity contribution in [1.29, 1.82) is 0 Å². The van der Waals surface area contributed by atoms with E-state index in [9.17, 15) is 22.6 Å². The van der Waals surface area contributed by atoms with Crippen LogP contribution < -0.4 is 0 Å². The average molecular weight is 433 g/mol. The van der Waals surface area contributed by atoms with Crippen LogP contribution >= 0.6 is 0 Å². The number of hydrogen-bond donors (Lipinski definition) is 0. The van der Waals surface area contributed by atoms with Gasteiger partial charge in [0.25, 0.3) is 0 Å². The van der Waals surface area contributed by atoms with Gasteiger partial charge in [-0.15, -0.1) is 0 Å². The number of fused-ring (bicyclic) bond motifs is 2. The van der Waals surface area contributed by atoms with E-state index in [0.29, 0.717) is 29.5 Å². The van der Waals surface area contributed by atoms with E-state index < -0.39 is 20.8 Å². The molecule has 3 fully saturated rings. The normalized spacial score (nSPS) is 31.7. The van der Waals surface area contributed by atoms with Gasteiger partial charge in [0.1, 0.15) is 26.9 Å². The highest BCUT2D eigenvalue weighted by molar-refractivity contribution is 7.97. The van der Waals surface area contributed by atoms with Crippen LogP contribution in [-0.4, -0.2) is 47.0 Å². The lowest BCUT2D eigenvalue weighted by atomic mass is 9.70. The first-order chi connectivity index (χ1) is 12.9. The number of carbonyl (C=O) groups is 2. The monoisotopic (exact) mass is 432 g/mol. The molecule has 3 rings (SSSR count). The lowest BCUT2D eigenvalue weighted by molar-refractivity contribution is -0.128. The zero-order valence-electron chi connectivity index (χ0n) is 17.8. The van der Waals surface area contributed by atoms with Crippen LogP contribution in [0, 0.1) is 16.7 Å².